The Labute approximate surface area is 210 Å². The topological polar surface area (TPSA) is 118 Å². The number of halogens is 2. The number of nitrogens with one attached hydrogen (secondary N) is 1. The number of fused-ring (bicyclic) bond motifs is 1. The van der Waals surface area contributed by atoms with Crippen molar-refractivity contribution in [3.8, 4) is 17.1 Å². The molecular formula is C27H25F2N3O5. The Morgan fingerprint density at radius 3 is 2.49 bits per heavy atom. The number of carboxylic acids is 1. The summed E-state index contributed by atoms with van der Waals surface area (Å²) >= 11 is 0. The zero-order valence-corrected chi connectivity index (χ0v) is 19.8. The van der Waals surface area contributed by atoms with Gasteiger partial charge in [-0.15, -0.1) is 0 Å². The number of amides is 1. The van der Waals surface area contributed by atoms with E-state index in [9.17, 15) is 28.6 Å². The number of carbonyl (C=O) groups excluding carboxylic acids is 1. The van der Waals surface area contributed by atoms with Crippen LogP contribution < -0.4 is 5.32 Å². The molecule has 1 aliphatic rings. The van der Waals surface area contributed by atoms with E-state index in [0.717, 1.165) is 54.7 Å². The Kier molecular flexibility index (Phi) is 6.64. The number of phenols is 1. The average molecular weight is 510 g/mol. The molecule has 0 radical (unpaired) electrons. The summed E-state index contributed by atoms with van der Waals surface area (Å²) in [5.74, 6) is -4.85. The molecule has 2 aromatic carbocycles. The Morgan fingerprint density at radius 2 is 1.84 bits per heavy atom. The highest BCUT2D eigenvalue weighted by Crippen LogP contribution is 2.36. The predicted octanol–water partition coefficient (Wildman–Crippen LogP) is 5.21. The first-order valence-corrected chi connectivity index (χ1v) is 12.1. The monoisotopic (exact) mass is 509 g/mol. The highest BCUT2D eigenvalue weighted by atomic mass is 19.1. The van der Waals surface area contributed by atoms with Gasteiger partial charge in [0, 0.05) is 18.0 Å². The van der Waals surface area contributed by atoms with Crippen molar-refractivity contribution in [1.29, 1.82) is 0 Å². The Hall–Kier alpha value is -4.21. The van der Waals surface area contributed by atoms with E-state index >= 15 is 0 Å². The van der Waals surface area contributed by atoms with Crippen molar-refractivity contribution < 1.29 is 33.0 Å². The van der Waals surface area contributed by atoms with Crippen LogP contribution in [0.4, 0.5) is 8.78 Å². The number of phenolic OH excluding ortho intramolecular Hbond substituents is 1. The molecule has 3 N–H and O–H groups in total. The van der Waals surface area contributed by atoms with Crippen molar-refractivity contribution >= 4 is 22.9 Å². The van der Waals surface area contributed by atoms with Crippen molar-refractivity contribution in [2.75, 3.05) is 0 Å². The summed E-state index contributed by atoms with van der Waals surface area (Å²) in [7, 11) is 0. The molecule has 192 valence electrons. The number of hydrogen-bond donors (Lipinski definition) is 3. The summed E-state index contributed by atoms with van der Waals surface area (Å²) in [6.07, 6.45) is 8.33. The summed E-state index contributed by atoms with van der Waals surface area (Å²) < 4.78 is 34.9. The van der Waals surface area contributed by atoms with Gasteiger partial charge in [0.25, 0.3) is 5.91 Å². The lowest BCUT2D eigenvalue weighted by atomic mass is 9.95. The molecule has 0 spiro atoms. The predicted molar refractivity (Wildman–Crippen MR) is 130 cm³/mol. The standard InChI is InChI=1S/C27H25F2N3O5/c28-19-10-15(11-20(29)24(19)33)12-22(27(35)36)31-26(34)16-6-7-23-21(13-16)30-25(17-8-9-37-14-17)32(23)18-4-2-1-3-5-18/h6-11,13-14,18,22,33H,1-5,12H2,(H,31,34)(H,35,36). The van der Waals surface area contributed by atoms with Gasteiger partial charge >= 0.3 is 5.97 Å². The van der Waals surface area contributed by atoms with Gasteiger partial charge in [0.1, 0.15) is 18.1 Å². The molecule has 1 aliphatic carbocycles. The van der Waals surface area contributed by atoms with Crippen molar-refractivity contribution in [2.45, 2.75) is 50.6 Å². The second-order valence-electron chi connectivity index (χ2n) is 9.29. The van der Waals surface area contributed by atoms with Gasteiger partial charge in [0.05, 0.1) is 22.9 Å². The highest BCUT2D eigenvalue weighted by Gasteiger charge is 2.25. The van der Waals surface area contributed by atoms with Crippen LogP contribution in [0.1, 0.15) is 54.1 Å². The highest BCUT2D eigenvalue weighted by molar-refractivity contribution is 5.99. The largest absolute Gasteiger partial charge is 0.503 e. The fourth-order valence-electron chi connectivity index (χ4n) is 4.96. The van der Waals surface area contributed by atoms with Crippen LogP contribution in [0.3, 0.4) is 0 Å². The molecule has 10 heteroatoms. The maximum atomic E-state index is 13.7. The summed E-state index contributed by atoms with van der Waals surface area (Å²) in [4.78, 5) is 29.6. The molecule has 0 aliphatic heterocycles. The number of aliphatic carboxylic acids is 1. The van der Waals surface area contributed by atoms with Gasteiger partial charge in [-0.25, -0.2) is 18.6 Å². The fourth-order valence-corrected chi connectivity index (χ4v) is 4.96. The number of rotatable bonds is 7. The van der Waals surface area contributed by atoms with Crippen molar-refractivity contribution in [2.24, 2.45) is 0 Å². The second-order valence-corrected chi connectivity index (χ2v) is 9.29. The third kappa shape index (κ3) is 4.91. The van der Waals surface area contributed by atoms with Gasteiger partial charge in [0.2, 0.25) is 0 Å². The van der Waals surface area contributed by atoms with Gasteiger partial charge in [-0.3, -0.25) is 4.79 Å². The number of hydrogen-bond acceptors (Lipinski definition) is 5. The van der Waals surface area contributed by atoms with E-state index in [1.165, 1.54) is 6.42 Å². The molecule has 5 rings (SSSR count). The zero-order valence-electron chi connectivity index (χ0n) is 19.8. The van der Waals surface area contributed by atoms with Crippen molar-refractivity contribution in [3.05, 3.63) is 71.7 Å². The lowest BCUT2D eigenvalue weighted by molar-refractivity contribution is -0.139. The molecule has 2 aromatic heterocycles. The Bertz CT molecular complexity index is 1440. The van der Waals surface area contributed by atoms with Crippen LogP contribution in [-0.4, -0.2) is 37.7 Å². The lowest BCUT2D eigenvalue weighted by Gasteiger charge is -2.25. The summed E-state index contributed by atoms with van der Waals surface area (Å²) in [5.41, 5.74) is 2.46. The van der Waals surface area contributed by atoms with Gasteiger partial charge in [-0.05, 0) is 54.8 Å². The summed E-state index contributed by atoms with van der Waals surface area (Å²) in [5, 5.41) is 21.3. The fraction of sp³-hybridized carbons (Fsp3) is 0.296. The molecule has 0 saturated heterocycles. The number of carboxylic acid groups (broad SMARTS) is 1. The van der Waals surface area contributed by atoms with E-state index in [1.807, 2.05) is 6.07 Å². The minimum Gasteiger partial charge on any atom is -0.503 e. The lowest BCUT2D eigenvalue weighted by Crippen LogP contribution is -2.42. The number of aromatic nitrogens is 2. The van der Waals surface area contributed by atoms with Gasteiger partial charge in [-0.1, -0.05) is 19.3 Å². The van der Waals surface area contributed by atoms with E-state index < -0.39 is 35.3 Å². The van der Waals surface area contributed by atoms with E-state index in [2.05, 4.69) is 9.88 Å². The third-order valence-corrected chi connectivity index (χ3v) is 6.79. The molecular weight excluding hydrogens is 484 g/mol. The maximum Gasteiger partial charge on any atom is 0.326 e. The van der Waals surface area contributed by atoms with Crippen molar-refractivity contribution in [1.82, 2.24) is 14.9 Å². The van der Waals surface area contributed by atoms with Crippen LogP contribution >= 0.6 is 0 Å². The second kappa shape index (κ2) is 10.0. The molecule has 1 amide bonds. The first-order valence-electron chi connectivity index (χ1n) is 12.1. The number of carbonyl (C=O) groups is 2. The summed E-state index contributed by atoms with van der Waals surface area (Å²) in [6, 6.07) is 7.34. The number of furan rings is 1. The van der Waals surface area contributed by atoms with Crippen LogP contribution in [0.5, 0.6) is 5.75 Å². The van der Waals surface area contributed by atoms with E-state index in [-0.39, 0.29) is 23.6 Å². The molecule has 1 fully saturated rings. The van der Waals surface area contributed by atoms with Gasteiger partial charge in [-0.2, -0.15) is 0 Å². The first-order chi connectivity index (χ1) is 17.8. The number of aromatic hydroxyl groups is 1. The number of nitrogens with zero attached hydrogens (tertiary/aromatic N) is 2. The molecule has 1 atom stereocenters. The minimum absolute atomic E-state index is 0.0214. The molecule has 4 aromatic rings. The SMILES string of the molecule is O=C(NC(Cc1cc(F)c(O)c(F)c1)C(=O)O)c1ccc2c(c1)nc(-c1ccoc1)n2C1CCCCC1. The molecule has 0 bridgehead atoms. The van der Waals surface area contributed by atoms with Gasteiger partial charge in [0.15, 0.2) is 17.4 Å². The number of benzene rings is 2. The number of imidazole rings is 1. The van der Waals surface area contributed by atoms with E-state index in [1.54, 1.807) is 30.7 Å². The van der Waals surface area contributed by atoms with Crippen LogP contribution in [0.2, 0.25) is 0 Å². The van der Waals surface area contributed by atoms with Crippen LogP contribution in [0, 0.1) is 11.6 Å². The van der Waals surface area contributed by atoms with Crippen LogP contribution in [0.15, 0.2) is 53.3 Å². The van der Waals surface area contributed by atoms with Gasteiger partial charge < -0.3 is 24.5 Å². The molecule has 1 saturated carbocycles. The van der Waals surface area contributed by atoms with E-state index in [4.69, 9.17) is 9.40 Å². The normalized spacial score (nSPS) is 15.1. The third-order valence-electron chi connectivity index (χ3n) is 6.79. The van der Waals surface area contributed by atoms with Crippen LogP contribution in [0.25, 0.3) is 22.4 Å². The van der Waals surface area contributed by atoms with E-state index in [0.29, 0.717) is 5.52 Å². The molecule has 1 unspecified atom stereocenters. The first kappa shape index (κ1) is 24.5. The average Bonchev–Trinajstić information content (AvgIpc) is 3.54. The molecule has 8 nitrogen and oxygen atoms in total. The smallest absolute Gasteiger partial charge is 0.326 e. The quantitative estimate of drug-likeness (QED) is 0.315. The van der Waals surface area contributed by atoms with Crippen molar-refractivity contribution in [3.63, 3.8) is 0 Å². The van der Waals surface area contributed by atoms with Crippen LogP contribution in [-0.2, 0) is 11.2 Å². The summed E-state index contributed by atoms with van der Waals surface area (Å²) in [6.45, 7) is 0. The zero-order chi connectivity index (χ0) is 26.1. The molecule has 37 heavy (non-hydrogen) atoms. The Morgan fingerprint density at radius 1 is 1.11 bits per heavy atom. The molecule has 2 heterocycles. The Balaban J connectivity index is 1.43. The maximum absolute atomic E-state index is 13.7. The minimum atomic E-state index is -1.45.